The Labute approximate surface area is 96.2 Å². The predicted octanol–water partition coefficient (Wildman–Crippen LogP) is 3.93. The summed E-state index contributed by atoms with van der Waals surface area (Å²) in [6.07, 6.45) is 7.27. The maximum atomic E-state index is 2.75. The number of hydrogen-bond donors (Lipinski definition) is 0. The number of likely N-dealkylation sites (tertiary alicyclic amines) is 1. The van der Waals surface area contributed by atoms with E-state index in [2.05, 4.69) is 18.7 Å². The van der Waals surface area contributed by atoms with Gasteiger partial charge in [0.25, 0.3) is 0 Å². The molecule has 2 rings (SSSR count). The Morgan fingerprint density at radius 3 is 2.20 bits per heavy atom. The molecule has 1 aliphatic carbocycles. The zero-order chi connectivity index (χ0) is 11.3. The van der Waals surface area contributed by atoms with E-state index in [-0.39, 0.29) is 0 Å². The quantitative estimate of drug-likeness (QED) is 0.669. The zero-order valence-corrected chi connectivity index (χ0v) is 11.1. The largest absolute Gasteiger partial charge is 0.300 e. The lowest BCUT2D eigenvalue weighted by atomic mass is 9.82. The predicted molar refractivity (Wildman–Crippen MR) is 68.1 cm³/mol. The number of piperidine rings is 1. The van der Waals surface area contributed by atoms with Crippen LogP contribution in [0.15, 0.2) is 0 Å². The zero-order valence-electron chi connectivity index (χ0n) is 11.1. The van der Waals surface area contributed by atoms with Gasteiger partial charge in [-0.25, -0.2) is 0 Å². The van der Waals surface area contributed by atoms with E-state index in [9.17, 15) is 0 Å². The average Bonchev–Trinajstić information content (AvgIpc) is 2.19. The van der Waals surface area contributed by atoms with E-state index in [1.54, 1.807) is 0 Å². The van der Waals surface area contributed by atoms with Crippen molar-refractivity contribution < 1.29 is 0 Å². The highest BCUT2D eigenvalue weighted by atomic mass is 15.2. The molecule has 0 spiro atoms. The van der Waals surface area contributed by atoms with Crippen LogP contribution in [0, 0.1) is 11.8 Å². The SMILES string of the molecule is CC.CCC1CCN(C2CCC2)CC1C. The molecule has 1 heterocycles. The Morgan fingerprint density at radius 1 is 1.13 bits per heavy atom. The van der Waals surface area contributed by atoms with Crippen molar-refractivity contribution in [2.45, 2.75) is 65.8 Å². The minimum absolute atomic E-state index is 0.944. The smallest absolute Gasteiger partial charge is 0.00953 e. The van der Waals surface area contributed by atoms with Crippen molar-refractivity contribution in [1.82, 2.24) is 4.90 Å². The summed E-state index contributed by atoms with van der Waals surface area (Å²) in [6.45, 7) is 11.6. The van der Waals surface area contributed by atoms with E-state index in [1.807, 2.05) is 13.8 Å². The third kappa shape index (κ3) is 3.21. The third-order valence-corrected chi connectivity index (χ3v) is 4.23. The van der Waals surface area contributed by atoms with Crippen LogP contribution >= 0.6 is 0 Å². The van der Waals surface area contributed by atoms with Gasteiger partial charge in [0, 0.05) is 12.6 Å². The van der Waals surface area contributed by atoms with Gasteiger partial charge in [-0.3, -0.25) is 0 Å². The first-order valence-electron chi connectivity index (χ1n) is 7.05. The summed E-state index contributed by atoms with van der Waals surface area (Å²) in [7, 11) is 0. The maximum Gasteiger partial charge on any atom is 0.00953 e. The van der Waals surface area contributed by atoms with Crippen LogP contribution < -0.4 is 0 Å². The van der Waals surface area contributed by atoms with Crippen LogP contribution in [0.2, 0.25) is 0 Å². The molecule has 1 aliphatic heterocycles. The van der Waals surface area contributed by atoms with Gasteiger partial charge in [-0.2, -0.15) is 0 Å². The van der Waals surface area contributed by atoms with Crippen molar-refractivity contribution in [3.05, 3.63) is 0 Å². The first kappa shape index (κ1) is 13.0. The van der Waals surface area contributed by atoms with Gasteiger partial charge in [0.15, 0.2) is 0 Å². The molecule has 2 atom stereocenters. The van der Waals surface area contributed by atoms with E-state index >= 15 is 0 Å². The van der Waals surface area contributed by atoms with Gasteiger partial charge in [-0.1, -0.05) is 40.5 Å². The monoisotopic (exact) mass is 211 g/mol. The molecular formula is C14H29N. The maximum absolute atomic E-state index is 2.75. The standard InChI is InChI=1S/C12H23N.C2H6/c1-3-11-7-8-13(9-10(11)2)12-5-4-6-12;1-2/h10-12H,3-9H2,1-2H3;1-2H3. The molecule has 90 valence electrons. The van der Waals surface area contributed by atoms with Crippen molar-refractivity contribution >= 4 is 0 Å². The van der Waals surface area contributed by atoms with Gasteiger partial charge in [0.05, 0.1) is 0 Å². The van der Waals surface area contributed by atoms with E-state index in [4.69, 9.17) is 0 Å². The van der Waals surface area contributed by atoms with Crippen molar-refractivity contribution in [2.75, 3.05) is 13.1 Å². The summed E-state index contributed by atoms with van der Waals surface area (Å²) in [4.78, 5) is 2.75. The lowest BCUT2D eigenvalue weighted by Gasteiger charge is -2.44. The fraction of sp³-hybridized carbons (Fsp3) is 1.00. The van der Waals surface area contributed by atoms with Crippen LogP contribution in [0.5, 0.6) is 0 Å². The Morgan fingerprint density at radius 2 is 1.80 bits per heavy atom. The van der Waals surface area contributed by atoms with E-state index in [0.29, 0.717) is 0 Å². The lowest BCUT2D eigenvalue weighted by Crippen LogP contribution is -2.47. The van der Waals surface area contributed by atoms with Crippen molar-refractivity contribution in [2.24, 2.45) is 11.8 Å². The summed E-state index contributed by atoms with van der Waals surface area (Å²) >= 11 is 0. The molecule has 0 aromatic rings. The number of nitrogens with zero attached hydrogens (tertiary/aromatic N) is 1. The molecule has 0 amide bonds. The molecule has 0 N–H and O–H groups in total. The van der Waals surface area contributed by atoms with Crippen LogP contribution in [0.4, 0.5) is 0 Å². The molecule has 0 aromatic heterocycles. The topological polar surface area (TPSA) is 3.24 Å². The number of rotatable bonds is 2. The molecule has 15 heavy (non-hydrogen) atoms. The molecule has 2 fully saturated rings. The lowest BCUT2D eigenvalue weighted by molar-refractivity contribution is 0.0521. The number of hydrogen-bond acceptors (Lipinski definition) is 1. The van der Waals surface area contributed by atoms with E-state index in [0.717, 1.165) is 17.9 Å². The minimum Gasteiger partial charge on any atom is -0.300 e. The second-order valence-electron chi connectivity index (χ2n) is 5.01. The highest BCUT2D eigenvalue weighted by Crippen LogP contribution is 2.32. The van der Waals surface area contributed by atoms with Gasteiger partial charge in [0.1, 0.15) is 0 Å². The van der Waals surface area contributed by atoms with Gasteiger partial charge in [0.2, 0.25) is 0 Å². The molecule has 1 saturated heterocycles. The van der Waals surface area contributed by atoms with Crippen molar-refractivity contribution in [3.63, 3.8) is 0 Å². The van der Waals surface area contributed by atoms with Crippen molar-refractivity contribution in [3.8, 4) is 0 Å². The average molecular weight is 211 g/mol. The fourth-order valence-corrected chi connectivity index (χ4v) is 2.92. The van der Waals surface area contributed by atoms with Gasteiger partial charge >= 0.3 is 0 Å². The molecule has 1 heteroatoms. The minimum atomic E-state index is 0.944. The summed E-state index contributed by atoms with van der Waals surface area (Å²) in [5.74, 6) is 1.95. The van der Waals surface area contributed by atoms with E-state index in [1.165, 1.54) is 45.2 Å². The Balaban J connectivity index is 0.000000531. The first-order valence-corrected chi connectivity index (χ1v) is 7.05. The molecule has 2 aliphatic rings. The highest BCUT2D eigenvalue weighted by Gasteiger charge is 2.31. The Kier molecular flexibility index (Phi) is 5.66. The fourth-order valence-electron chi connectivity index (χ4n) is 2.92. The molecule has 0 radical (unpaired) electrons. The van der Waals surface area contributed by atoms with Gasteiger partial charge in [-0.05, 0) is 37.6 Å². The van der Waals surface area contributed by atoms with Crippen LogP contribution in [-0.4, -0.2) is 24.0 Å². The second kappa shape index (κ2) is 6.52. The van der Waals surface area contributed by atoms with Gasteiger partial charge < -0.3 is 4.90 Å². The normalized spacial score (nSPS) is 32.8. The summed E-state index contributed by atoms with van der Waals surface area (Å²) < 4.78 is 0. The summed E-state index contributed by atoms with van der Waals surface area (Å²) in [6, 6.07) is 0.972. The van der Waals surface area contributed by atoms with Crippen LogP contribution in [0.1, 0.15) is 59.8 Å². The first-order chi connectivity index (χ1) is 7.31. The van der Waals surface area contributed by atoms with Crippen LogP contribution in [-0.2, 0) is 0 Å². The molecular weight excluding hydrogens is 182 g/mol. The summed E-state index contributed by atoms with van der Waals surface area (Å²) in [5.41, 5.74) is 0. The molecule has 0 aromatic carbocycles. The van der Waals surface area contributed by atoms with Crippen molar-refractivity contribution in [1.29, 1.82) is 0 Å². The molecule has 1 saturated carbocycles. The third-order valence-electron chi connectivity index (χ3n) is 4.23. The van der Waals surface area contributed by atoms with E-state index < -0.39 is 0 Å². The highest BCUT2D eigenvalue weighted by molar-refractivity contribution is 4.85. The molecule has 1 nitrogen and oxygen atoms in total. The Hall–Kier alpha value is -0.0400. The second-order valence-corrected chi connectivity index (χ2v) is 5.01. The van der Waals surface area contributed by atoms with Crippen LogP contribution in [0.3, 0.4) is 0 Å². The molecule has 2 unspecified atom stereocenters. The van der Waals surface area contributed by atoms with Crippen LogP contribution in [0.25, 0.3) is 0 Å². The Bertz CT molecular complexity index is 163. The summed E-state index contributed by atoms with van der Waals surface area (Å²) in [5, 5.41) is 0. The van der Waals surface area contributed by atoms with Gasteiger partial charge in [-0.15, -0.1) is 0 Å². The molecule has 0 bridgehead atoms.